The quantitative estimate of drug-likeness (QED) is 0.130. The molecular weight excluding hydrogens is 1030 g/mol. The maximum atomic E-state index is 7.12. The second-order valence-corrected chi connectivity index (χ2v) is 27.1. The molecule has 12 atom stereocenters. The van der Waals surface area contributed by atoms with E-state index in [1.165, 1.54) is 0 Å². The molecule has 440 valence electrons. The Bertz CT molecular complexity index is 2450. The number of hydrogen-bond acceptors (Lipinski definition) is 16. The zero-order valence-corrected chi connectivity index (χ0v) is 49.2. The van der Waals surface area contributed by atoms with E-state index in [0.29, 0.717) is 26.4 Å². The second-order valence-electron chi connectivity index (χ2n) is 27.1. The summed E-state index contributed by atoms with van der Waals surface area (Å²) < 4.78 is 107. The number of H-pyrrole nitrogens is 4. The zero-order valence-electron chi connectivity index (χ0n) is 49.2. The molecule has 4 aromatic heterocycles. The van der Waals surface area contributed by atoms with E-state index in [-0.39, 0.29) is 0 Å². The molecule has 8 saturated heterocycles. The van der Waals surface area contributed by atoms with E-state index in [1.807, 2.05) is 111 Å². The molecule has 80 heavy (non-hydrogen) atoms. The van der Waals surface area contributed by atoms with Gasteiger partial charge >= 0.3 is 0 Å². The van der Waals surface area contributed by atoms with Crippen molar-refractivity contribution in [2.45, 2.75) is 254 Å². The van der Waals surface area contributed by atoms with E-state index in [4.69, 9.17) is 75.8 Å². The van der Waals surface area contributed by atoms with Crippen LogP contribution in [0, 0.1) is 0 Å². The van der Waals surface area contributed by atoms with Gasteiger partial charge in [-0.1, -0.05) is 0 Å². The van der Waals surface area contributed by atoms with Crippen LogP contribution in [-0.2, 0) is 75.8 Å². The standard InChI is InChI=1S/C60H84N4O16/c1-53(2)65-25-37(69-53)45-49(77-57(9,10)73-45)41-29-17-19-31(61-29)42(50-46(74-58(11,12)78-50)38-26-66-54(3,4)70-38)33-21-23-35(63-33)44(52-48(76-60(15,16)80-52)40-28-68-56(7,8)72-40)36-24-22-34(64-36)43(32-20-18-30(41)62-32)51-47(75-59(13,14)79-51)39-27-67-55(5,6)71-39/h17-24,37-52,61-64H,25-28H2,1-16H3/t37-,38-,39-,40-,41?,42?,43?,44?,45-,46-,47-,48-,49-,50-,51-,52-/m1/s1. The van der Waals surface area contributed by atoms with Gasteiger partial charge in [-0.15, -0.1) is 0 Å². The Morgan fingerprint density at radius 2 is 0.400 bits per heavy atom. The Morgan fingerprint density at radius 3 is 0.550 bits per heavy atom. The average molecular weight is 1120 g/mol. The van der Waals surface area contributed by atoms with Crippen LogP contribution in [0.4, 0.5) is 0 Å². The predicted octanol–water partition coefficient (Wildman–Crippen LogP) is 8.53. The maximum Gasteiger partial charge on any atom is 0.163 e. The number of aromatic nitrogens is 4. The van der Waals surface area contributed by atoms with Crippen molar-refractivity contribution in [3.8, 4) is 0 Å². The summed E-state index contributed by atoms with van der Waals surface area (Å²) in [6.45, 7) is 32.4. The molecule has 0 aliphatic carbocycles. The lowest BCUT2D eigenvalue weighted by atomic mass is 9.89. The molecule has 9 aliphatic rings. The van der Waals surface area contributed by atoms with Crippen LogP contribution < -0.4 is 0 Å². The molecule has 20 heteroatoms. The van der Waals surface area contributed by atoms with Crippen molar-refractivity contribution in [1.29, 1.82) is 0 Å². The van der Waals surface area contributed by atoms with Gasteiger partial charge in [0.05, 0.1) is 50.1 Å². The fourth-order valence-electron chi connectivity index (χ4n) is 14.2. The first-order valence-corrected chi connectivity index (χ1v) is 28.8. The third-order valence-corrected chi connectivity index (χ3v) is 17.2. The van der Waals surface area contributed by atoms with Crippen molar-refractivity contribution in [1.82, 2.24) is 19.9 Å². The molecule has 0 aromatic carbocycles. The lowest BCUT2D eigenvalue weighted by Crippen LogP contribution is -2.42. The summed E-state index contributed by atoms with van der Waals surface area (Å²) in [6.07, 6.45) is -6.18. The van der Waals surface area contributed by atoms with Gasteiger partial charge in [0.1, 0.15) is 73.2 Å². The minimum absolute atomic E-state index is 0.331. The van der Waals surface area contributed by atoms with Gasteiger partial charge in [-0.3, -0.25) is 0 Å². The molecule has 0 saturated carbocycles. The van der Waals surface area contributed by atoms with Gasteiger partial charge in [-0.25, -0.2) is 0 Å². The van der Waals surface area contributed by atoms with Gasteiger partial charge in [0.2, 0.25) is 0 Å². The molecule has 8 bridgehead atoms. The normalized spacial score (nSPS) is 40.8. The molecule has 20 nitrogen and oxygen atoms in total. The summed E-state index contributed by atoms with van der Waals surface area (Å²) in [6, 6.07) is 17.2. The molecule has 13 rings (SSSR count). The molecule has 0 amide bonds. The van der Waals surface area contributed by atoms with E-state index in [2.05, 4.69) is 68.5 Å². The molecule has 0 unspecified atom stereocenters. The Kier molecular flexibility index (Phi) is 13.2. The molecule has 13 heterocycles. The fourth-order valence-corrected chi connectivity index (χ4v) is 14.2. The summed E-state index contributed by atoms with van der Waals surface area (Å²) in [4.78, 5) is 16.0. The third-order valence-electron chi connectivity index (χ3n) is 17.2. The van der Waals surface area contributed by atoms with Crippen molar-refractivity contribution < 1.29 is 75.8 Å². The highest BCUT2D eigenvalue weighted by atomic mass is 16.8. The second kappa shape index (κ2) is 19.0. The van der Waals surface area contributed by atoms with Gasteiger partial charge in [-0.05, 0) is 159 Å². The van der Waals surface area contributed by atoms with Crippen LogP contribution >= 0.6 is 0 Å². The van der Waals surface area contributed by atoms with E-state index in [9.17, 15) is 0 Å². The third kappa shape index (κ3) is 10.4. The summed E-state index contributed by atoms with van der Waals surface area (Å²) in [5, 5.41) is 0. The van der Waals surface area contributed by atoms with Crippen LogP contribution in [0.1, 0.15) is 180 Å². The van der Waals surface area contributed by atoms with E-state index in [1.54, 1.807) is 0 Å². The molecular formula is C60H84N4O16. The Balaban J connectivity index is 1.01. The highest BCUT2D eigenvalue weighted by Gasteiger charge is 2.59. The van der Waals surface area contributed by atoms with Crippen molar-refractivity contribution in [2.24, 2.45) is 0 Å². The van der Waals surface area contributed by atoms with Crippen LogP contribution in [-0.4, -0.2) is 166 Å². The smallest absolute Gasteiger partial charge is 0.163 e. The van der Waals surface area contributed by atoms with E-state index >= 15 is 0 Å². The highest BCUT2D eigenvalue weighted by Crippen LogP contribution is 2.51. The Labute approximate surface area is 468 Å². The number of ether oxygens (including phenoxy) is 16. The predicted molar refractivity (Wildman–Crippen MR) is 285 cm³/mol. The number of hydrogen-bond donors (Lipinski definition) is 4. The lowest BCUT2D eigenvalue weighted by Gasteiger charge is -2.31. The van der Waals surface area contributed by atoms with Gasteiger partial charge < -0.3 is 95.7 Å². The SMILES string of the molecule is CC1(C)O[C@H]([C@H]2COC(C)(C)O2)[C@@H](C2c3ccc([nH]3)C([C@H]3OC(C)(C)O[C@@H]3[C@H]3COC(C)(C)O3)c3ccc([nH]3)C([C@H]3OC(C)(C)O[C@@H]3[C@H]3COC(C)(C)O3)c3ccc([nH]3)C([C@H]3OC(C)(C)O[C@@H]3[C@H]3COC(C)(C)O3)c3ccc2[nH]3)O1. The number of nitrogens with one attached hydrogen (secondary N) is 4. The van der Waals surface area contributed by atoms with Crippen LogP contribution in [0.15, 0.2) is 48.5 Å². The summed E-state index contributed by atoms with van der Waals surface area (Å²) >= 11 is 0. The molecule has 0 radical (unpaired) electrons. The zero-order chi connectivity index (χ0) is 56.5. The van der Waals surface area contributed by atoms with Crippen LogP contribution in [0.2, 0.25) is 0 Å². The van der Waals surface area contributed by atoms with Gasteiger partial charge in [-0.2, -0.15) is 0 Å². The lowest BCUT2D eigenvalue weighted by molar-refractivity contribution is -0.174. The van der Waals surface area contributed by atoms with Crippen LogP contribution in [0.3, 0.4) is 0 Å². The number of aromatic amines is 4. The minimum Gasteiger partial charge on any atom is -0.361 e. The monoisotopic (exact) mass is 1120 g/mol. The molecule has 4 N–H and O–H groups in total. The summed E-state index contributed by atoms with van der Waals surface area (Å²) in [7, 11) is 0. The minimum atomic E-state index is -0.972. The Morgan fingerprint density at radius 1 is 0.237 bits per heavy atom. The number of rotatable bonds is 8. The Hall–Kier alpha value is -3.52. The maximum absolute atomic E-state index is 7.12. The largest absolute Gasteiger partial charge is 0.361 e. The summed E-state index contributed by atoms with van der Waals surface area (Å²) in [5.74, 6) is -9.03. The van der Waals surface area contributed by atoms with Gasteiger partial charge in [0.25, 0.3) is 0 Å². The average Bonchev–Trinajstić information content (AvgIpc) is 4.28. The van der Waals surface area contributed by atoms with Crippen LogP contribution in [0.5, 0.6) is 0 Å². The molecule has 0 spiro atoms. The highest BCUT2D eigenvalue weighted by molar-refractivity contribution is 5.41. The van der Waals surface area contributed by atoms with E-state index < -0.39 is 143 Å². The molecule has 4 aromatic rings. The fraction of sp³-hybridized carbons (Fsp3) is 0.733. The van der Waals surface area contributed by atoms with Crippen molar-refractivity contribution in [2.75, 3.05) is 26.4 Å². The van der Waals surface area contributed by atoms with Crippen molar-refractivity contribution >= 4 is 0 Å². The molecule has 9 aliphatic heterocycles. The topological polar surface area (TPSA) is 211 Å². The van der Waals surface area contributed by atoms with Gasteiger partial charge in [0, 0.05) is 45.6 Å². The first kappa shape index (κ1) is 55.7. The van der Waals surface area contributed by atoms with Crippen LogP contribution in [0.25, 0.3) is 0 Å². The van der Waals surface area contributed by atoms with Gasteiger partial charge in [0.15, 0.2) is 46.3 Å². The van der Waals surface area contributed by atoms with Crippen molar-refractivity contribution in [3.63, 3.8) is 0 Å². The number of fused-ring (bicyclic) bond motifs is 8. The first-order valence-electron chi connectivity index (χ1n) is 28.8. The first-order chi connectivity index (χ1) is 37.4. The molecule has 8 fully saturated rings. The summed E-state index contributed by atoms with van der Waals surface area (Å²) in [5.41, 5.74) is 7.01. The van der Waals surface area contributed by atoms with E-state index in [0.717, 1.165) is 45.6 Å². The van der Waals surface area contributed by atoms with Crippen molar-refractivity contribution in [3.05, 3.63) is 94.1 Å².